The fraction of sp³-hybridized carbons (Fsp3) is 0.455. The Morgan fingerprint density at radius 3 is 2.36 bits per heavy atom. The minimum atomic E-state index is -0.485. The van der Waals surface area contributed by atoms with Gasteiger partial charge >= 0.3 is 0 Å². The summed E-state index contributed by atoms with van der Waals surface area (Å²) in [5.41, 5.74) is 5.95. The molecule has 0 bridgehead atoms. The summed E-state index contributed by atoms with van der Waals surface area (Å²) in [4.78, 5) is 0. The van der Waals surface area contributed by atoms with E-state index in [4.69, 9.17) is 5.73 Å². The molecule has 1 saturated carbocycles. The first-order chi connectivity index (χ1) is 6.68. The molecule has 0 spiro atoms. The largest absolute Gasteiger partial charge is 0.327 e. The number of halogens is 2. The zero-order chi connectivity index (χ0) is 10.1. The van der Waals surface area contributed by atoms with Gasteiger partial charge in [-0.1, -0.05) is 6.07 Å². The van der Waals surface area contributed by atoms with Crippen molar-refractivity contribution in [3.63, 3.8) is 0 Å². The van der Waals surface area contributed by atoms with Gasteiger partial charge < -0.3 is 5.73 Å². The molecule has 1 aliphatic carbocycles. The maximum absolute atomic E-state index is 13.2. The lowest BCUT2D eigenvalue weighted by Gasteiger charge is -2.11. The molecule has 0 aliphatic heterocycles. The molecule has 0 radical (unpaired) electrons. The third kappa shape index (κ3) is 1.93. The summed E-state index contributed by atoms with van der Waals surface area (Å²) >= 11 is 0. The third-order valence-corrected chi connectivity index (χ3v) is 2.73. The number of rotatable bonds is 3. The van der Waals surface area contributed by atoms with Crippen molar-refractivity contribution >= 4 is 0 Å². The summed E-state index contributed by atoms with van der Waals surface area (Å²) in [5, 5.41) is 0. The van der Waals surface area contributed by atoms with Crippen LogP contribution in [0, 0.1) is 17.6 Å². The Balaban J connectivity index is 2.14. The van der Waals surface area contributed by atoms with Crippen molar-refractivity contribution in [2.24, 2.45) is 11.7 Å². The molecule has 3 heteroatoms. The first kappa shape index (κ1) is 9.59. The van der Waals surface area contributed by atoms with E-state index in [1.165, 1.54) is 18.2 Å². The summed E-state index contributed by atoms with van der Waals surface area (Å²) in [7, 11) is 0. The average Bonchev–Trinajstić information content (AvgIpc) is 2.94. The molecule has 2 N–H and O–H groups in total. The molecule has 1 nitrogen and oxygen atoms in total. The summed E-state index contributed by atoms with van der Waals surface area (Å²) in [5.74, 6) is -0.504. The predicted molar refractivity (Wildman–Crippen MR) is 50.8 cm³/mol. The van der Waals surface area contributed by atoms with Crippen molar-refractivity contribution in [3.8, 4) is 0 Å². The van der Waals surface area contributed by atoms with E-state index in [1.807, 2.05) is 0 Å². The van der Waals surface area contributed by atoms with Crippen molar-refractivity contribution in [3.05, 3.63) is 35.4 Å². The van der Waals surface area contributed by atoms with Crippen molar-refractivity contribution in [1.82, 2.24) is 0 Å². The average molecular weight is 197 g/mol. The molecule has 0 amide bonds. The molecular weight excluding hydrogens is 184 g/mol. The predicted octanol–water partition coefficient (Wildman–Crippen LogP) is 2.24. The Kier molecular flexibility index (Phi) is 2.50. The molecule has 14 heavy (non-hydrogen) atoms. The van der Waals surface area contributed by atoms with Gasteiger partial charge in [0.2, 0.25) is 0 Å². The highest BCUT2D eigenvalue weighted by Gasteiger charge is 2.29. The van der Waals surface area contributed by atoms with Crippen LogP contribution in [0.25, 0.3) is 0 Å². The Bertz CT molecular complexity index is 314. The van der Waals surface area contributed by atoms with Crippen LogP contribution in [0.15, 0.2) is 18.2 Å². The standard InChI is InChI=1S/C11H13F2N/c12-9-2-1-3-10(13)8(9)6-11(14)7-4-5-7/h1-3,7,11H,4-6,14H2. The minimum Gasteiger partial charge on any atom is -0.327 e. The van der Waals surface area contributed by atoms with E-state index in [2.05, 4.69) is 0 Å². The molecule has 76 valence electrons. The van der Waals surface area contributed by atoms with Gasteiger partial charge in [0.1, 0.15) is 11.6 Å². The van der Waals surface area contributed by atoms with E-state index in [0.717, 1.165) is 12.8 Å². The van der Waals surface area contributed by atoms with Gasteiger partial charge in [-0.05, 0) is 37.3 Å². The molecule has 0 aromatic heterocycles. The van der Waals surface area contributed by atoms with Gasteiger partial charge in [-0.15, -0.1) is 0 Å². The van der Waals surface area contributed by atoms with Crippen LogP contribution in [0.1, 0.15) is 18.4 Å². The summed E-state index contributed by atoms with van der Waals surface area (Å²) < 4.78 is 26.4. The molecule has 0 saturated heterocycles. The molecule has 1 aromatic carbocycles. The van der Waals surface area contributed by atoms with Crippen LogP contribution in [-0.2, 0) is 6.42 Å². The number of nitrogens with two attached hydrogens (primary N) is 1. The van der Waals surface area contributed by atoms with Gasteiger partial charge in [0, 0.05) is 11.6 Å². The normalized spacial score (nSPS) is 18.2. The van der Waals surface area contributed by atoms with E-state index in [0.29, 0.717) is 12.3 Å². The van der Waals surface area contributed by atoms with Crippen LogP contribution in [0.2, 0.25) is 0 Å². The zero-order valence-corrected chi connectivity index (χ0v) is 7.84. The third-order valence-electron chi connectivity index (χ3n) is 2.73. The summed E-state index contributed by atoms with van der Waals surface area (Å²) in [6.07, 6.45) is 2.50. The van der Waals surface area contributed by atoms with Crippen molar-refractivity contribution < 1.29 is 8.78 Å². The van der Waals surface area contributed by atoms with E-state index < -0.39 is 11.6 Å². The van der Waals surface area contributed by atoms with E-state index >= 15 is 0 Å². The van der Waals surface area contributed by atoms with Crippen LogP contribution in [0.5, 0.6) is 0 Å². The van der Waals surface area contributed by atoms with Gasteiger partial charge in [-0.25, -0.2) is 8.78 Å². The van der Waals surface area contributed by atoms with Crippen LogP contribution in [-0.4, -0.2) is 6.04 Å². The van der Waals surface area contributed by atoms with Crippen molar-refractivity contribution in [2.75, 3.05) is 0 Å². The lowest BCUT2D eigenvalue weighted by atomic mass is 10.0. The second-order valence-electron chi connectivity index (χ2n) is 3.91. The molecule has 1 unspecified atom stereocenters. The molecule has 1 atom stereocenters. The Morgan fingerprint density at radius 2 is 1.86 bits per heavy atom. The van der Waals surface area contributed by atoms with Crippen LogP contribution in [0.3, 0.4) is 0 Å². The van der Waals surface area contributed by atoms with Crippen LogP contribution < -0.4 is 5.73 Å². The van der Waals surface area contributed by atoms with Gasteiger partial charge in [-0.2, -0.15) is 0 Å². The fourth-order valence-electron chi connectivity index (χ4n) is 1.65. The zero-order valence-electron chi connectivity index (χ0n) is 7.84. The lowest BCUT2D eigenvalue weighted by molar-refractivity contribution is 0.516. The smallest absolute Gasteiger partial charge is 0.129 e. The highest BCUT2D eigenvalue weighted by atomic mass is 19.1. The van der Waals surface area contributed by atoms with Gasteiger partial charge in [0.15, 0.2) is 0 Å². The quantitative estimate of drug-likeness (QED) is 0.790. The monoisotopic (exact) mass is 197 g/mol. The molecule has 2 rings (SSSR count). The Morgan fingerprint density at radius 1 is 1.29 bits per heavy atom. The van der Waals surface area contributed by atoms with Gasteiger partial charge in [0.05, 0.1) is 0 Å². The second-order valence-corrected chi connectivity index (χ2v) is 3.91. The van der Waals surface area contributed by atoms with Crippen LogP contribution >= 0.6 is 0 Å². The SMILES string of the molecule is NC(Cc1c(F)cccc1F)C1CC1. The van der Waals surface area contributed by atoms with Crippen molar-refractivity contribution in [2.45, 2.75) is 25.3 Å². The topological polar surface area (TPSA) is 26.0 Å². The fourth-order valence-corrected chi connectivity index (χ4v) is 1.65. The minimum absolute atomic E-state index is 0.0959. The lowest BCUT2D eigenvalue weighted by Crippen LogP contribution is -2.26. The first-order valence-corrected chi connectivity index (χ1v) is 4.87. The first-order valence-electron chi connectivity index (χ1n) is 4.87. The van der Waals surface area contributed by atoms with E-state index in [9.17, 15) is 8.78 Å². The van der Waals surface area contributed by atoms with Crippen LogP contribution in [0.4, 0.5) is 8.78 Å². The summed E-state index contributed by atoms with van der Waals surface area (Å²) in [6, 6.07) is 3.83. The summed E-state index contributed by atoms with van der Waals surface area (Å²) in [6.45, 7) is 0. The van der Waals surface area contributed by atoms with Gasteiger partial charge in [0.25, 0.3) is 0 Å². The highest BCUT2D eigenvalue weighted by Crippen LogP contribution is 2.33. The molecular formula is C11H13F2N. The number of hydrogen-bond donors (Lipinski definition) is 1. The highest BCUT2D eigenvalue weighted by molar-refractivity contribution is 5.21. The number of benzene rings is 1. The number of hydrogen-bond acceptors (Lipinski definition) is 1. The maximum atomic E-state index is 13.2. The Labute approximate surface area is 81.9 Å². The maximum Gasteiger partial charge on any atom is 0.129 e. The van der Waals surface area contributed by atoms with E-state index in [-0.39, 0.29) is 11.6 Å². The molecule has 1 aromatic rings. The molecule has 0 heterocycles. The molecule has 1 fully saturated rings. The Hall–Kier alpha value is -0.960. The van der Waals surface area contributed by atoms with E-state index in [1.54, 1.807) is 0 Å². The van der Waals surface area contributed by atoms with Crippen molar-refractivity contribution in [1.29, 1.82) is 0 Å². The van der Waals surface area contributed by atoms with Gasteiger partial charge in [-0.3, -0.25) is 0 Å². The molecule has 1 aliphatic rings. The second kappa shape index (κ2) is 3.65.